The molecular formula is C21H23Cl2N3O2. The second kappa shape index (κ2) is 9.41. The standard InChI is InChI=1S/C21H23Cl2N3O2/c1-14(27)9-10-21(28)24-12-11-20-25-18-7-2-3-8-19(18)26(20)13-15-16(22)5-4-6-17(15)23/h2-8,14,27H,9-13H2,1H3,(H,24,28)/t14-/m0/s1. The summed E-state index contributed by atoms with van der Waals surface area (Å²) in [6, 6.07) is 13.4. The van der Waals surface area contributed by atoms with E-state index in [1.807, 2.05) is 42.5 Å². The number of nitrogens with zero attached hydrogens (tertiary/aromatic N) is 2. The van der Waals surface area contributed by atoms with E-state index in [9.17, 15) is 9.90 Å². The van der Waals surface area contributed by atoms with Crippen molar-refractivity contribution in [3.63, 3.8) is 0 Å². The maximum Gasteiger partial charge on any atom is 0.220 e. The normalized spacial score (nSPS) is 12.3. The number of benzene rings is 2. The highest BCUT2D eigenvalue weighted by atomic mass is 35.5. The summed E-state index contributed by atoms with van der Waals surface area (Å²) in [5, 5.41) is 13.4. The smallest absolute Gasteiger partial charge is 0.220 e. The lowest BCUT2D eigenvalue weighted by Gasteiger charge is -2.13. The number of imidazole rings is 1. The van der Waals surface area contributed by atoms with Gasteiger partial charge in [-0.15, -0.1) is 0 Å². The second-order valence-corrected chi connectivity index (χ2v) is 7.61. The van der Waals surface area contributed by atoms with Gasteiger partial charge in [0, 0.05) is 35.0 Å². The van der Waals surface area contributed by atoms with Crippen LogP contribution in [0.15, 0.2) is 42.5 Å². The first-order chi connectivity index (χ1) is 13.5. The molecule has 28 heavy (non-hydrogen) atoms. The summed E-state index contributed by atoms with van der Waals surface area (Å²) in [4.78, 5) is 16.6. The average molecular weight is 420 g/mol. The van der Waals surface area contributed by atoms with Gasteiger partial charge in [-0.2, -0.15) is 0 Å². The van der Waals surface area contributed by atoms with Gasteiger partial charge in [0.05, 0.1) is 23.7 Å². The monoisotopic (exact) mass is 419 g/mol. The molecule has 0 fully saturated rings. The maximum atomic E-state index is 11.9. The fraction of sp³-hybridized carbons (Fsp3) is 0.333. The number of para-hydroxylation sites is 2. The van der Waals surface area contributed by atoms with Crippen molar-refractivity contribution >= 4 is 40.1 Å². The lowest BCUT2D eigenvalue weighted by atomic mass is 10.2. The number of hydrogen-bond acceptors (Lipinski definition) is 3. The van der Waals surface area contributed by atoms with E-state index in [0.717, 1.165) is 22.4 Å². The molecule has 0 aliphatic carbocycles. The molecule has 2 N–H and O–H groups in total. The molecule has 1 heterocycles. The Morgan fingerprint density at radius 3 is 2.61 bits per heavy atom. The Morgan fingerprint density at radius 2 is 1.89 bits per heavy atom. The van der Waals surface area contributed by atoms with Gasteiger partial charge in [0.1, 0.15) is 5.82 Å². The highest BCUT2D eigenvalue weighted by Gasteiger charge is 2.14. The van der Waals surface area contributed by atoms with Crippen LogP contribution in [0.2, 0.25) is 10.0 Å². The largest absolute Gasteiger partial charge is 0.393 e. The zero-order chi connectivity index (χ0) is 20.1. The molecule has 2 aromatic carbocycles. The Labute approximate surface area is 174 Å². The van der Waals surface area contributed by atoms with E-state index in [2.05, 4.69) is 9.88 Å². The van der Waals surface area contributed by atoms with Crippen molar-refractivity contribution in [1.29, 1.82) is 0 Å². The SMILES string of the molecule is C[C@H](O)CCC(=O)NCCc1nc2ccccc2n1Cc1c(Cl)cccc1Cl. The van der Waals surface area contributed by atoms with Crippen molar-refractivity contribution in [2.75, 3.05) is 6.54 Å². The fourth-order valence-electron chi connectivity index (χ4n) is 3.08. The Hall–Kier alpha value is -2.08. The summed E-state index contributed by atoms with van der Waals surface area (Å²) in [7, 11) is 0. The molecule has 0 saturated carbocycles. The summed E-state index contributed by atoms with van der Waals surface area (Å²) in [5.41, 5.74) is 2.73. The Morgan fingerprint density at radius 1 is 1.18 bits per heavy atom. The first-order valence-corrected chi connectivity index (χ1v) is 10.0. The number of aliphatic hydroxyl groups is 1. The van der Waals surface area contributed by atoms with Crippen LogP contribution in [0.5, 0.6) is 0 Å². The molecule has 148 valence electrons. The van der Waals surface area contributed by atoms with Crippen molar-refractivity contribution in [1.82, 2.24) is 14.9 Å². The number of carbonyl (C=O) groups is 1. The molecule has 0 aliphatic heterocycles. The second-order valence-electron chi connectivity index (χ2n) is 6.79. The van der Waals surface area contributed by atoms with Crippen molar-refractivity contribution in [3.05, 3.63) is 63.9 Å². The number of fused-ring (bicyclic) bond motifs is 1. The molecular weight excluding hydrogens is 397 g/mol. The van der Waals surface area contributed by atoms with E-state index in [0.29, 0.717) is 42.4 Å². The number of aromatic nitrogens is 2. The molecule has 0 radical (unpaired) electrons. The summed E-state index contributed by atoms with van der Waals surface area (Å²) in [6.45, 7) is 2.65. The molecule has 0 bridgehead atoms. The quantitative estimate of drug-likeness (QED) is 0.574. The minimum absolute atomic E-state index is 0.0716. The first-order valence-electron chi connectivity index (χ1n) is 9.27. The molecule has 1 amide bonds. The van der Waals surface area contributed by atoms with Crippen molar-refractivity contribution in [2.24, 2.45) is 0 Å². The van der Waals surface area contributed by atoms with Crippen LogP contribution in [-0.4, -0.2) is 33.2 Å². The van der Waals surface area contributed by atoms with Gasteiger partial charge in [0.25, 0.3) is 0 Å². The van der Waals surface area contributed by atoms with Gasteiger partial charge in [-0.25, -0.2) is 4.98 Å². The zero-order valence-corrected chi connectivity index (χ0v) is 17.2. The first kappa shape index (κ1) is 20.6. The number of nitrogens with one attached hydrogen (secondary N) is 1. The highest BCUT2D eigenvalue weighted by molar-refractivity contribution is 6.36. The fourth-order valence-corrected chi connectivity index (χ4v) is 3.59. The Balaban J connectivity index is 1.79. The van der Waals surface area contributed by atoms with Gasteiger partial charge in [-0.3, -0.25) is 4.79 Å². The van der Waals surface area contributed by atoms with E-state index in [1.54, 1.807) is 6.92 Å². The van der Waals surface area contributed by atoms with Crippen LogP contribution in [-0.2, 0) is 17.8 Å². The van der Waals surface area contributed by atoms with E-state index < -0.39 is 6.10 Å². The van der Waals surface area contributed by atoms with Crippen LogP contribution in [0.3, 0.4) is 0 Å². The maximum absolute atomic E-state index is 11.9. The summed E-state index contributed by atoms with van der Waals surface area (Å²) in [6.07, 6.45) is 0.867. The minimum Gasteiger partial charge on any atom is -0.393 e. The molecule has 0 unspecified atom stereocenters. The predicted octanol–water partition coefficient (Wildman–Crippen LogP) is 4.21. The van der Waals surface area contributed by atoms with Crippen LogP contribution in [0.1, 0.15) is 31.2 Å². The summed E-state index contributed by atoms with van der Waals surface area (Å²) < 4.78 is 2.09. The highest BCUT2D eigenvalue weighted by Crippen LogP contribution is 2.27. The van der Waals surface area contributed by atoms with Gasteiger partial charge < -0.3 is 15.0 Å². The Kier molecular flexibility index (Phi) is 6.94. The van der Waals surface area contributed by atoms with Crippen LogP contribution in [0, 0.1) is 0 Å². The summed E-state index contributed by atoms with van der Waals surface area (Å²) >= 11 is 12.7. The molecule has 5 nitrogen and oxygen atoms in total. The predicted molar refractivity (Wildman–Crippen MR) is 113 cm³/mol. The number of carbonyl (C=O) groups excluding carboxylic acids is 1. The number of rotatable bonds is 8. The van der Waals surface area contributed by atoms with Crippen molar-refractivity contribution in [3.8, 4) is 0 Å². The molecule has 0 spiro atoms. The van der Waals surface area contributed by atoms with Crippen molar-refractivity contribution < 1.29 is 9.90 Å². The molecule has 7 heteroatoms. The van der Waals surface area contributed by atoms with Crippen LogP contribution >= 0.6 is 23.2 Å². The number of aliphatic hydroxyl groups excluding tert-OH is 1. The third kappa shape index (κ3) is 5.04. The zero-order valence-electron chi connectivity index (χ0n) is 15.7. The molecule has 1 aromatic heterocycles. The topological polar surface area (TPSA) is 67.2 Å². The van der Waals surface area contributed by atoms with Crippen LogP contribution in [0.4, 0.5) is 0 Å². The molecule has 3 aromatic rings. The Bertz CT molecular complexity index is 949. The summed E-state index contributed by atoms with van der Waals surface area (Å²) in [5.74, 6) is 0.783. The molecule has 1 atom stereocenters. The van der Waals surface area contributed by atoms with Gasteiger partial charge >= 0.3 is 0 Å². The van der Waals surface area contributed by atoms with Gasteiger partial charge in [0.15, 0.2) is 0 Å². The van der Waals surface area contributed by atoms with Gasteiger partial charge in [0.2, 0.25) is 5.91 Å². The molecule has 3 rings (SSSR count). The lowest BCUT2D eigenvalue weighted by molar-refractivity contribution is -0.121. The van der Waals surface area contributed by atoms with E-state index in [-0.39, 0.29) is 5.91 Å². The van der Waals surface area contributed by atoms with Gasteiger partial charge in [-0.1, -0.05) is 41.4 Å². The average Bonchev–Trinajstić information content (AvgIpc) is 3.00. The van der Waals surface area contributed by atoms with E-state index >= 15 is 0 Å². The van der Waals surface area contributed by atoms with Gasteiger partial charge in [-0.05, 0) is 37.6 Å². The number of halogens is 2. The lowest BCUT2D eigenvalue weighted by Crippen LogP contribution is -2.27. The third-order valence-electron chi connectivity index (χ3n) is 4.57. The third-order valence-corrected chi connectivity index (χ3v) is 5.28. The number of hydrogen-bond donors (Lipinski definition) is 2. The van der Waals surface area contributed by atoms with Crippen LogP contribution in [0.25, 0.3) is 11.0 Å². The molecule has 0 saturated heterocycles. The molecule has 0 aliphatic rings. The number of amides is 1. The van der Waals surface area contributed by atoms with Crippen molar-refractivity contribution in [2.45, 2.75) is 38.8 Å². The minimum atomic E-state index is -0.477. The van der Waals surface area contributed by atoms with E-state index in [4.69, 9.17) is 28.2 Å². The van der Waals surface area contributed by atoms with Crippen LogP contribution < -0.4 is 5.32 Å². The van der Waals surface area contributed by atoms with E-state index in [1.165, 1.54) is 0 Å².